The molecule has 0 spiro atoms. The molecule has 152 valence electrons. The average Bonchev–Trinajstić information content (AvgIpc) is 3.05. The summed E-state index contributed by atoms with van der Waals surface area (Å²) >= 11 is 0. The van der Waals surface area contributed by atoms with Crippen LogP contribution >= 0.6 is 0 Å². The van der Waals surface area contributed by atoms with E-state index in [0.29, 0.717) is 17.1 Å². The number of hydrogen-bond acceptors (Lipinski definition) is 7. The lowest BCUT2D eigenvalue weighted by Gasteiger charge is -2.21. The predicted molar refractivity (Wildman–Crippen MR) is 99.8 cm³/mol. The highest BCUT2D eigenvalue weighted by Crippen LogP contribution is 2.33. The van der Waals surface area contributed by atoms with Crippen molar-refractivity contribution in [2.75, 3.05) is 14.2 Å². The molecule has 0 radical (unpaired) electrons. The van der Waals surface area contributed by atoms with Crippen molar-refractivity contribution in [2.45, 2.75) is 39.3 Å². The van der Waals surface area contributed by atoms with Gasteiger partial charge in [0.25, 0.3) is 0 Å². The molecule has 28 heavy (non-hydrogen) atoms. The molecular weight excluding hydrogens is 368 g/mol. The Balaban J connectivity index is 2.36. The Morgan fingerprint density at radius 2 is 1.82 bits per heavy atom. The number of aromatic nitrogens is 1. The molecule has 1 unspecified atom stereocenters. The number of ether oxygens (including phenoxy) is 3. The van der Waals surface area contributed by atoms with E-state index >= 15 is 0 Å². The SMILES string of the molecule is COc1ccc(-c2nc(C(=O)O)c(C(C)NC(=O)OC(C)(C)C)o2)cc1OC. The highest BCUT2D eigenvalue weighted by Gasteiger charge is 2.27. The summed E-state index contributed by atoms with van der Waals surface area (Å²) in [4.78, 5) is 27.6. The van der Waals surface area contributed by atoms with Crippen LogP contribution in [-0.4, -0.2) is 42.0 Å². The Labute approximate surface area is 162 Å². The molecule has 0 aliphatic heterocycles. The van der Waals surface area contributed by atoms with Crippen LogP contribution in [0.2, 0.25) is 0 Å². The van der Waals surface area contributed by atoms with E-state index < -0.39 is 23.7 Å². The summed E-state index contributed by atoms with van der Waals surface area (Å²) < 4.78 is 21.3. The van der Waals surface area contributed by atoms with Crippen molar-refractivity contribution >= 4 is 12.1 Å². The van der Waals surface area contributed by atoms with Gasteiger partial charge < -0.3 is 29.1 Å². The Kier molecular flexibility index (Phi) is 6.17. The molecule has 0 saturated heterocycles. The molecule has 0 fully saturated rings. The fraction of sp³-hybridized carbons (Fsp3) is 0.421. The van der Waals surface area contributed by atoms with Crippen molar-refractivity contribution in [2.24, 2.45) is 0 Å². The van der Waals surface area contributed by atoms with Crippen molar-refractivity contribution in [3.05, 3.63) is 29.7 Å². The number of carboxylic acid groups (broad SMARTS) is 1. The molecule has 1 heterocycles. The number of aromatic carboxylic acids is 1. The Morgan fingerprint density at radius 3 is 2.36 bits per heavy atom. The van der Waals surface area contributed by atoms with E-state index in [-0.39, 0.29) is 17.3 Å². The average molecular weight is 392 g/mol. The first-order valence-corrected chi connectivity index (χ1v) is 8.51. The summed E-state index contributed by atoms with van der Waals surface area (Å²) in [7, 11) is 2.99. The zero-order chi connectivity index (χ0) is 21.1. The summed E-state index contributed by atoms with van der Waals surface area (Å²) in [5.41, 5.74) is -0.490. The van der Waals surface area contributed by atoms with Crippen LogP contribution in [0, 0.1) is 0 Å². The van der Waals surface area contributed by atoms with Crippen molar-refractivity contribution in [3.63, 3.8) is 0 Å². The van der Waals surface area contributed by atoms with Gasteiger partial charge in [0.1, 0.15) is 5.60 Å². The quantitative estimate of drug-likeness (QED) is 0.764. The number of oxazole rings is 1. The second-order valence-electron chi connectivity index (χ2n) is 6.97. The summed E-state index contributed by atoms with van der Waals surface area (Å²) in [5, 5.41) is 12.0. The topological polar surface area (TPSA) is 120 Å². The van der Waals surface area contributed by atoms with Gasteiger partial charge in [-0.25, -0.2) is 14.6 Å². The highest BCUT2D eigenvalue weighted by atomic mass is 16.6. The number of methoxy groups -OCH3 is 2. The maximum atomic E-state index is 12.0. The Morgan fingerprint density at radius 1 is 1.18 bits per heavy atom. The molecule has 0 aliphatic carbocycles. The molecule has 2 N–H and O–H groups in total. The molecule has 1 atom stereocenters. The number of alkyl carbamates (subject to hydrolysis) is 1. The van der Waals surface area contributed by atoms with Crippen LogP contribution in [-0.2, 0) is 4.74 Å². The zero-order valence-electron chi connectivity index (χ0n) is 16.7. The minimum atomic E-state index is -1.27. The van der Waals surface area contributed by atoms with Gasteiger partial charge >= 0.3 is 12.1 Å². The van der Waals surface area contributed by atoms with Crippen LogP contribution < -0.4 is 14.8 Å². The highest BCUT2D eigenvalue weighted by molar-refractivity contribution is 5.87. The Hall–Kier alpha value is -3.23. The zero-order valence-corrected chi connectivity index (χ0v) is 16.7. The van der Waals surface area contributed by atoms with E-state index in [9.17, 15) is 14.7 Å². The first-order valence-electron chi connectivity index (χ1n) is 8.51. The fourth-order valence-corrected chi connectivity index (χ4v) is 2.42. The molecule has 9 heteroatoms. The Bertz CT molecular complexity index is 868. The lowest BCUT2D eigenvalue weighted by atomic mass is 10.2. The molecule has 2 aromatic rings. The van der Waals surface area contributed by atoms with Crippen LogP contribution in [0.1, 0.15) is 50.0 Å². The summed E-state index contributed by atoms with van der Waals surface area (Å²) in [6.45, 7) is 6.76. The molecule has 0 saturated carbocycles. The van der Waals surface area contributed by atoms with Gasteiger partial charge in [-0.05, 0) is 45.9 Å². The van der Waals surface area contributed by atoms with Crippen molar-refractivity contribution < 1.29 is 33.3 Å². The van der Waals surface area contributed by atoms with Gasteiger partial charge in [0.2, 0.25) is 5.89 Å². The molecule has 2 rings (SSSR count). The normalized spacial score (nSPS) is 12.2. The van der Waals surface area contributed by atoms with E-state index in [1.807, 2.05) is 0 Å². The third-order valence-corrected chi connectivity index (χ3v) is 3.61. The van der Waals surface area contributed by atoms with Gasteiger partial charge in [0.05, 0.1) is 20.3 Å². The number of carbonyl (C=O) groups is 2. The van der Waals surface area contributed by atoms with Crippen LogP contribution in [0.5, 0.6) is 11.5 Å². The molecule has 9 nitrogen and oxygen atoms in total. The third kappa shape index (κ3) is 4.93. The molecule has 0 aliphatic rings. The van der Waals surface area contributed by atoms with Gasteiger partial charge in [0.15, 0.2) is 23.0 Å². The number of nitrogens with one attached hydrogen (secondary N) is 1. The molecule has 1 amide bonds. The minimum Gasteiger partial charge on any atom is -0.493 e. The van der Waals surface area contributed by atoms with Gasteiger partial charge in [-0.15, -0.1) is 0 Å². The van der Waals surface area contributed by atoms with Crippen molar-refractivity contribution in [3.8, 4) is 23.0 Å². The van der Waals surface area contributed by atoms with Gasteiger partial charge in [-0.1, -0.05) is 0 Å². The van der Waals surface area contributed by atoms with Crippen molar-refractivity contribution in [1.82, 2.24) is 10.3 Å². The van der Waals surface area contributed by atoms with E-state index in [1.165, 1.54) is 14.2 Å². The number of carboxylic acids is 1. The lowest BCUT2D eigenvalue weighted by molar-refractivity contribution is 0.0498. The van der Waals surface area contributed by atoms with E-state index in [2.05, 4.69) is 10.3 Å². The minimum absolute atomic E-state index is 0.00291. The molecule has 1 aromatic heterocycles. The monoisotopic (exact) mass is 392 g/mol. The van der Waals surface area contributed by atoms with Crippen LogP contribution in [0.3, 0.4) is 0 Å². The smallest absolute Gasteiger partial charge is 0.408 e. The summed E-state index contributed by atoms with van der Waals surface area (Å²) in [6, 6.07) is 4.16. The van der Waals surface area contributed by atoms with Crippen LogP contribution in [0.15, 0.2) is 22.6 Å². The number of benzene rings is 1. The van der Waals surface area contributed by atoms with Crippen LogP contribution in [0.4, 0.5) is 4.79 Å². The van der Waals surface area contributed by atoms with Gasteiger partial charge in [-0.2, -0.15) is 0 Å². The summed E-state index contributed by atoms with van der Waals surface area (Å²) in [6.07, 6.45) is -0.694. The first-order chi connectivity index (χ1) is 13.1. The number of nitrogens with zero attached hydrogens (tertiary/aromatic N) is 1. The maximum absolute atomic E-state index is 12.0. The number of rotatable bonds is 6. The van der Waals surface area contributed by atoms with Gasteiger partial charge in [-0.3, -0.25) is 0 Å². The van der Waals surface area contributed by atoms with E-state index in [0.717, 1.165) is 0 Å². The second-order valence-corrected chi connectivity index (χ2v) is 6.97. The third-order valence-electron chi connectivity index (χ3n) is 3.61. The van der Waals surface area contributed by atoms with Crippen LogP contribution in [0.25, 0.3) is 11.5 Å². The maximum Gasteiger partial charge on any atom is 0.408 e. The predicted octanol–water partition coefficient (Wildman–Crippen LogP) is 3.64. The van der Waals surface area contributed by atoms with Gasteiger partial charge in [0, 0.05) is 5.56 Å². The molecule has 0 bridgehead atoms. The fourth-order valence-electron chi connectivity index (χ4n) is 2.42. The van der Waals surface area contributed by atoms with E-state index in [1.54, 1.807) is 45.9 Å². The molecule has 1 aromatic carbocycles. The lowest BCUT2D eigenvalue weighted by Crippen LogP contribution is -2.34. The number of amides is 1. The standard InChI is InChI=1S/C19H24N2O7/c1-10(20-18(24)28-19(2,3)4)15-14(17(22)23)21-16(27-15)11-7-8-12(25-5)13(9-11)26-6/h7-10H,1-6H3,(H,20,24)(H,22,23). The van der Waals surface area contributed by atoms with E-state index in [4.69, 9.17) is 18.6 Å². The number of hydrogen-bond donors (Lipinski definition) is 2. The largest absolute Gasteiger partial charge is 0.493 e. The number of carbonyl (C=O) groups excluding carboxylic acids is 1. The first kappa shape index (κ1) is 21.1. The van der Waals surface area contributed by atoms with Crippen molar-refractivity contribution in [1.29, 1.82) is 0 Å². The summed E-state index contributed by atoms with van der Waals surface area (Å²) in [5.74, 6) is -0.245. The second kappa shape index (κ2) is 8.20. The molecular formula is C19H24N2O7.